The molecular formula is C27H35NO6. The molecular weight excluding hydrogens is 434 g/mol. The number of carbonyl (C=O) groups is 1. The number of hydrogen-bond acceptors (Lipinski definition) is 7. The van der Waals surface area contributed by atoms with Gasteiger partial charge in [-0.2, -0.15) is 0 Å². The van der Waals surface area contributed by atoms with Gasteiger partial charge in [0.1, 0.15) is 29.4 Å². The second kappa shape index (κ2) is 10.5. The Morgan fingerprint density at radius 2 is 1.71 bits per heavy atom. The van der Waals surface area contributed by atoms with E-state index in [1.165, 1.54) is 23.3 Å². The lowest BCUT2D eigenvalue weighted by Crippen LogP contribution is -2.34. The van der Waals surface area contributed by atoms with Gasteiger partial charge < -0.3 is 24.9 Å². The van der Waals surface area contributed by atoms with Crippen LogP contribution in [0.5, 0.6) is 11.5 Å². The number of ether oxygens (including phenoxy) is 2. The first-order chi connectivity index (χ1) is 16.1. The zero-order chi connectivity index (χ0) is 24.9. The van der Waals surface area contributed by atoms with E-state index in [2.05, 4.69) is 45.0 Å². The molecule has 0 amide bonds. The van der Waals surface area contributed by atoms with E-state index in [4.69, 9.17) is 14.6 Å². The molecule has 0 radical (unpaired) electrons. The minimum Gasteiger partial charge on any atom is -0.507 e. The van der Waals surface area contributed by atoms with Crippen molar-refractivity contribution in [1.29, 1.82) is 0 Å². The fourth-order valence-corrected chi connectivity index (χ4v) is 4.32. The summed E-state index contributed by atoms with van der Waals surface area (Å²) in [5, 5.41) is 32.2. The maximum absolute atomic E-state index is 12.1. The lowest BCUT2D eigenvalue weighted by Gasteiger charge is -2.42. The molecule has 184 valence electrons. The Kier molecular flexibility index (Phi) is 7.87. The van der Waals surface area contributed by atoms with Gasteiger partial charge >= 0.3 is 5.97 Å². The molecule has 3 N–H and O–H groups in total. The van der Waals surface area contributed by atoms with E-state index >= 15 is 0 Å². The number of carbonyl (C=O) groups excluding carboxylic acids is 1. The van der Waals surface area contributed by atoms with Gasteiger partial charge in [0.05, 0.1) is 6.61 Å². The highest BCUT2D eigenvalue weighted by Crippen LogP contribution is 2.46. The predicted octanol–water partition coefficient (Wildman–Crippen LogP) is 4.93. The first-order valence-corrected chi connectivity index (χ1v) is 11.7. The Bertz CT molecular complexity index is 1060. The van der Waals surface area contributed by atoms with Crippen LogP contribution >= 0.6 is 0 Å². The van der Waals surface area contributed by atoms with E-state index < -0.39 is 5.97 Å². The highest BCUT2D eigenvalue weighted by molar-refractivity contribution is 6.01. The van der Waals surface area contributed by atoms with E-state index in [-0.39, 0.29) is 42.0 Å². The summed E-state index contributed by atoms with van der Waals surface area (Å²) in [4.78, 5) is 12.1. The molecule has 2 aromatic carbocycles. The smallest absolute Gasteiger partial charge is 0.341 e. The summed E-state index contributed by atoms with van der Waals surface area (Å²) < 4.78 is 10.8. The molecule has 0 bridgehead atoms. The van der Waals surface area contributed by atoms with Crippen LogP contribution in [0.1, 0.15) is 80.4 Å². The highest BCUT2D eigenvalue weighted by Gasteiger charge is 2.37. The molecule has 1 aliphatic carbocycles. The molecule has 7 heteroatoms. The molecule has 3 rings (SSSR count). The number of aromatic hydroxyl groups is 1. The molecule has 0 heterocycles. The van der Waals surface area contributed by atoms with Gasteiger partial charge in [-0.3, -0.25) is 0 Å². The fourth-order valence-electron chi connectivity index (χ4n) is 4.32. The number of nitrogens with zero attached hydrogens (tertiary/aromatic N) is 1. The van der Waals surface area contributed by atoms with Crippen LogP contribution in [0.15, 0.2) is 41.6 Å². The van der Waals surface area contributed by atoms with Crippen molar-refractivity contribution in [2.24, 2.45) is 5.16 Å². The van der Waals surface area contributed by atoms with Crippen LogP contribution < -0.4 is 4.74 Å². The Balaban J connectivity index is 1.70. The molecule has 34 heavy (non-hydrogen) atoms. The standard InChI is InChI=1S/C27H35NO6/c1-26(2)11-12-27(3,4)22-15-18(7-10-21(22)26)23(28-32)17-34-19-8-9-20(24(30)16-19)25(31)33-14-6-5-13-29/h7-10,15-16,29-30,32H,5-6,11-14,17H2,1-4H3/b28-23-. The molecule has 2 aromatic rings. The van der Waals surface area contributed by atoms with Crippen molar-refractivity contribution in [1.82, 2.24) is 0 Å². The normalized spacial score (nSPS) is 16.6. The molecule has 0 unspecified atom stereocenters. The Morgan fingerprint density at radius 1 is 1.00 bits per heavy atom. The molecule has 7 nitrogen and oxygen atoms in total. The van der Waals surface area contributed by atoms with Crippen LogP contribution in [0.25, 0.3) is 0 Å². The monoisotopic (exact) mass is 469 g/mol. The number of aliphatic hydroxyl groups is 1. The van der Waals surface area contributed by atoms with Crippen LogP contribution in [0.4, 0.5) is 0 Å². The zero-order valence-electron chi connectivity index (χ0n) is 20.4. The van der Waals surface area contributed by atoms with Crippen LogP contribution in [0.3, 0.4) is 0 Å². The number of rotatable bonds is 9. The minimum atomic E-state index is -0.640. The molecule has 0 aromatic heterocycles. The SMILES string of the molecule is CC1(C)CCC(C)(C)c2cc(/C(COc3ccc(C(=O)OCCCCO)c(O)c3)=N\O)ccc21. The van der Waals surface area contributed by atoms with Crippen molar-refractivity contribution >= 4 is 11.7 Å². The maximum Gasteiger partial charge on any atom is 0.341 e. The summed E-state index contributed by atoms with van der Waals surface area (Å²) in [6, 6.07) is 10.5. The number of unbranched alkanes of at least 4 members (excludes halogenated alkanes) is 1. The lowest BCUT2D eigenvalue weighted by molar-refractivity contribution is 0.0489. The summed E-state index contributed by atoms with van der Waals surface area (Å²) in [5.74, 6) is -0.570. The van der Waals surface area contributed by atoms with Crippen molar-refractivity contribution in [2.75, 3.05) is 19.8 Å². The van der Waals surface area contributed by atoms with E-state index in [1.807, 2.05) is 6.07 Å². The third kappa shape index (κ3) is 5.70. The summed E-state index contributed by atoms with van der Waals surface area (Å²) in [7, 11) is 0. The van der Waals surface area contributed by atoms with Gasteiger partial charge in [0.2, 0.25) is 0 Å². The van der Waals surface area contributed by atoms with Crippen LogP contribution in [0, 0.1) is 0 Å². The average molecular weight is 470 g/mol. The zero-order valence-corrected chi connectivity index (χ0v) is 20.4. The van der Waals surface area contributed by atoms with Crippen molar-refractivity contribution < 1.29 is 29.7 Å². The van der Waals surface area contributed by atoms with Crippen molar-refractivity contribution in [3.63, 3.8) is 0 Å². The molecule has 0 atom stereocenters. The summed E-state index contributed by atoms with van der Waals surface area (Å²) in [6.07, 6.45) is 3.28. The number of phenolic OH excluding ortho intramolecular Hbond substituents is 1. The number of hydrogen-bond donors (Lipinski definition) is 3. The third-order valence-corrected chi connectivity index (χ3v) is 6.66. The lowest BCUT2D eigenvalue weighted by atomic mass is 9.63. The Hall–Kier alpha value is -3.06. The first-order valence-electron chi connectivity index (χ1n) is 11.7. The Morgan fingerprint density at radius 3 is 2.35 bits per heavy atom. The second-order valence-corrected chi connectivity index (χ2v) is 10.1. The van der Waals surface area contributed by atoms with Crippen molar-refractivity contribution in [2.45, 2.75) is 64.2 Å². The second-order valence-electron chi connectivity index (χ2n) is 10.1. The number of fused-ring (bicyclic) bond motifs is 1. The summed E-state index contributed by atoms with van der Waals surface area (Å²) >= 11 is 0. The predicted molar refractivity (Wildman–Crippen MR) is 130 cm³/mol. The fraction of sp³-hybridized carbons (Fsp3) is 0.481. The topological polar surface area (TPSA) is 109 Å². The van der Waals surface area contributed by atoms with E-state index in [0.717, 1.165) is 18.4 Å². The van der Waals surface area contributed by atoms with Gasteiger partial charge in [0.25, 0.3) is 0 Å². The van der Waals surface area contributed by atoms with Crippen LogP contribution in [0.2, 0.25) is 0 Å². The van der Waals surface area contributed by atoms with E-state index in [9.17, 15) is 15.1 Å². The van der Waals surface area contributed by atoms with Crippen molar-refractivity contribution in [3.8, 4) is 11.5 Å². The summed E-state index contributed by atoms with van der Waals surface area (Å²) in [5.41, 5.74) is 3.86. The van der Waals surface area contributed by atoms with Crippen LogP contribution in [-0.4, -0.2) is 46.9 Å². The van der Waals surface area contributed by atoms with Gasteiger partial charge in [-0.1, -0.05) is 45.0 Å². The van der Waals surface area contributed by atoms with Gasteiger partial charge in [-0.05, 0) is 65.8 Å². The van der Waals surface area contributed by atoms with Gasteiger partial charge in [-0.25, -0.2) is 4.79 Å². The number of aliphatic hydroxyl groups excluding tert-OH is 1. The molecule has 0 saturated carbocycles. The number of oxime groups is 1. The Labute approximate surface area is 201 Å². The third-order valence-electron chi connectivity index (χ3n) is 6.66. The summed E-state index contributed by atoms with van der Waals surface area (Å²) in [6.45, 7) is 9.18. The molecule has 0 aliphatic heterocycles. The van der Waals surface area contributed by atoms with Gasteiger partial charge in [0, 0.05) is 18.2 Å². The van der Waals surface area contributed by atoms with E-state index in [1.54, 1.807) is 6.07 Å². The minimum absolute atomic E-state index is 0.0104. The van der Waals surface area contributed by atoms with E-state index in [0.29, 0.717) is 24.3 Å². The molecule has 0 saturated heterocycles. The highest BCUT2D eigenvalue weighted by atomic mass is 16.5. The molecule has 0 fully saturated rings. The van der Waals surface area contributed by atoms with Crippen molar-refractivity contribution in [3.05, 3.63) is 58.7 Å². The quantitative estimate of drug-likeness (QED) is 0.158. The van der Waals surface area contributed by atoms with Crippen LogP contribution in [-0.2, 0) is 15.6 Å². The van der Waals surface area contributed by atoms with Gasteiger partial charge in [0.15, 0.2) is 0 Å². The van der Waals surface area contributed by atoms with Gasteiger partial charge in [-0.15, -0.1) is 0 Å². The average Bonchev–Trinajstić information content (AvgIpc) is 2.80. The number of phenols is 1. The molecule has 0 spiro atoms. The maximum atomic E-state index is 12.1. The largest absolute Gasteiger partial charge is 0.507 e. The number of esters is 1. The molecule has 1 aliphatic rings. The number of benzene rings is 2. The first kappa shape index (κ1) is 25.6.